The molecule has 0 saturated heterocycles. The monoisotopic (exact) mass is 396 g/mol. The lowest BCUT2D eigenvalue weighted by Crippen LogP contribution is -2.49. The number of carbonyl (C=O) groups excluding carboxylic acids is 2. The van der Waals surface area contributed by atoms with E-state index in [-0.39, 0.29) is 6.04 Å². The van der Waals surface area contributed by atoms with Crippen molar-refractivity contribution in [2.75, 3.05) is 13.7 Å². The molecule has 1 aromatic rings. The van der Waals surface area contributed by atoms with E-state index in [9.17, 15) is 9.59 Å². The van der Waals surface area contributed by atoms with Crippen LogP contribution in [0.3, 0.4) is 0 Å². The third kappa shape index (κ3) is 8.93. The van der Waals surface area contributed by atoms with Crippen LogP contribution in [0.5, 0.6) is 0 Å². The van der Waals surface area contributed by atoms with Crippen molar-refractivity contribution < 1.29 is 19.1 Å². The highest BCUT2D eigenvalue weighted by Gasteiger charge is 2.23. The van der Waals surface area contributed by atoms with Gasteiger partial charge in [0.05, 0.1) is 7.11 Å². The molecule has 6 nitrogen and oxygen atoms in total. The molecular formula is C20H29ClN2O4. The molecule has 0 unspecified atom stereocenters. The predicted molar refractivity (Wildman–Crippen MR) is 107 cm³/mol. The average molecular weight is 397 g/mol. The molecule has 1 rings (SSSR count). The van der Waals surface area contributed by atoms with Crippen LogP contribution in [-0.2, 0) is 20.7 Å². The van der Waals surface area contributed by atoms with Crippen LogP contribution in [-0.4, -0.2) is 43.4 Å². The number of alkyl carbamates (subject to hydrolysis) is 1. The van der Waals surface area contributed by atoms with Crippen LogP contribution in [0.25, 0.3) is 0 Å². The number of methoxy groups -OCH3 is 1. The van der Waals surface area contributed by atoms with Crippen molar-refractivity contribution in [2.45, 2.75) is 51.8 Å². The van der Waals surface area contributed by atoms with Gasteiger partial charge in [0.1, 0.15) is 11.6 Å². The molecule has 1 amide bonds. The molecule has 0 aliphatic rings. The Kier molecular flexibility index (Phi) is 8.79. The quantitative estimate of drug-likeness (QED) is 0.519. The fraction of sp³-hybridized carbons (Fsp3) is 0.500. The van der Waals surface area contributed by atoms with Gasteiger partial charge in [0.15, 0.2) is 0 Å². The third-order valence-electron chi connectivity index (χ3n) is 3.61. The first-order chi connectivity index (χ1) is 12.5. The molecule has 0 fully saturated rings. The van der Waals surface area contributed by atoms with E-state index in [2.05, 4.69) is 17.2 Å². The molecule has 7 heteroatoms. The van der Waals surface area contributed by atoms with E-state index >= 15 is 0 Å². The number of carbonyl (C=O) groups is 2. The minimum absolute atomic E-state index is 0.312. The van der Waals surface area contributed by atoms with Crippen LogP contribution in [0.1, 0.15) is 33.3 Å². The molecule has 0 aliphatic heterocycles. The van der Waals surface area contributed by atoms with E-state index in [4.69, 9.17) is 21.1 Å². The van der Waals surface area contributed by atoms with Crippen molar-refractivity contribution in [2.24, 2.45) is 0 Å². The lowest BCUT2D eigenvalue weighted by atomic mass is 10.0. The Hall–Kier alpha value is -2.05. The summed E-state index contributed by atoms with van der Waals surface area (Å²) >= 11 is 5.93. The smallest absolute Gasteiger partial charge is 0.407 e. The van der Waals surface area contributed by atoms with Gasteiger partial charge >= 0.3 is 12.1 Å². The second kappa shape index (κ2) is 10.3. The van der Waals surface area contributed by atoms with Crippen LogP contribution < -0.4 is 10.6 Å². The van der Waals surface area contributed by atoms with E-state index < -0.39 is 23.7 Å². The maximum Gasteiger partial charge on any atom is 0.407 e. The molecule has 0 bridgehead atoms. The molecule has 0 aromatic heterocycles. The number of hydrogen-bond acceptors (Lipinski definition) is 5. The number of rotatable bonds is 8. The highest BCUT2D eigenvalue weighted by Crippen LogP contribution is 2.12. The molecule has 1 aromatic carbocycles. The third-order valence-corrected chi connectivity index (χ3v) is 3.87. The van der Waals surface area contributed by atoms with Gasteiger partial charge in [0, 0.05) is 17.6 Å². The molecule has 2 atom stereocenters. The summed E-state index contributed by atoms with van der Waals surface area (Å²) in [5.74, 6) is -0.426. The van der Waals surface area contributed by atoms with Gasteiger partial charge in [-0.1, -0.05) is 35.9 Å². The number of esters is 1. The van der Waals surface area contributed by atoms with Gasteiger partial charge < -0.3 is 14.8 Å². The molecule has 150 valence electrons. The Balaban J connectivity index is 2.85. The molecule has 27 heavy (non-hydrogen) atoms. The van der Waals surface area contributed by atoms with Crippen LogP contribution in [0, 0.1) is 0 Å². The van der Waals surface area contributed by atoms with Crippen molar-refractivity contribution in [3.05, 3.63) is 47.0 Å². The zero-order valence-corrected chi connectivity index (χ0v) is 17.4. The molecule has 0 radical (unpaired) electrons. The maximum absolute atomic E-state index is 12.2. The number of benzene rings is 1. The number of ether oxygens (including phenoxy) is 2. The lowest BCUT2D eigenvalue weighted by molar-refractivity contribution is -0.142. The van der Waals surface area contributed by atoms with E-state index in [1.165, 1.54) is 7.11 Å². The summed E-state index contributed by atoms with van der Waals surface area (Å²) in [5, 5.41) is 6.59. The number of amides is 1. The largest absolute Gasteiger partial charge is 0.468 e. The van der Waals surface area contributed by atoms with E-state index in [0.717, 1.165) is 5.56 Å². The zero-order valence-electron chi connectivity index (χ0n) is 16.6. The van der Waals surface area contributed by atoms with Gasteiger partial charge in [0.2, 0.25) is 0 Å². The second-order valence-corrected chi connectivity index (χ2v) is 7.82. The van der Waals surface area contributed by atoms with E-state index in [1.807, 2.05) is 12.1 Å². The van der Waals surface area contributed by atoms with Crippen LogP contribution in [0.4, 0.5) is 4.79 Å². The Bertz CT molecular complexity index is 653. The van der Waals surface area contributed by atoms with Crippen LogP contribution >= 0.6 is 11.6 Å². The number of hydrogen-bond donors (Lipinski definition) is 2. The minimum Gasteiger partial charge on any atom is -0.468 e. The Morgan fingerprint density at radius 1 is 1.22 bits per heavy atom. The topological polar surface area (TPSA) is 76.7 Å². The predicted octanol–water partition coefficient (Wildman–Crippen LogP) is 3.48. The summed E-state index contributed by atoms with van der Waals surface area (Å²) in [6.07, 6.45) is 0.0150. The summed E-state index contributed by atoms with van der Waals surface area (Å²) in [6, 6.07) is 6.40. The molecular weight excluding hydrogens is 368 g/mol. The van der Waals surface area contributed by atoms with Crippen molar-refractivity contribution in [1.29, 1.82) is 0 Å². The van der Waals surface area contributed by atoms with Crippen molar-refractivity contribution in [3.8, 4) is 0 Å². The SMILES string of the molecule is C=C(C)[C@H](NC[C@H](Cc1ccc(Cl)cc1)NC(=O)OC(C)(C)C)C(=O)OC. The molecule has 0 aliphatic carbocycles. The van der Waals surface area contributed by atoms with Gasteiger partial charge in [-0.2, -0.15) is 0 Å². The van der Waals surface area contributed by atoms with E-state index in [1.54, 1.807) is 39.8 Å². The van der Waals surface area contributed by atoms with Gasteiger partial charge in [-0.05, 0) is 51.8 Å². The van der Waals surface area contributed by atoms with Gasteiger partial charge in [-0.15, -0.1) is 0 Å². The lowest BCUT2D eigenvalue weighted by Gasteiger charge is -2.25. The molecule has 0 heterocycles. The van der Waals surface area contributed by atoms with Crippen molar-refractivity contribution in [3.63, 3.8) is 0 Å². The molecule has 0 saturated carbocycles. The first kappa shape index (κ1) is 23.0. The Morgan fingerprint density at radius 3 is 2.30 bits per heavy atom. The second-order valence-electron chi connectivity index (χ2n) is 7.38. The molecule has 2 N–H and O–H groups in total. The average Bonchev–Trinajstić information content (AvgIpc) is 2.54. The van der Waals surface area contributed by atoms with Gasteiger partial charge in [-0.25, -0.2) is 4.79 Å². The summed E-state index contributed by atoms with van der Waals surface area (Å²) in [7, 11) is 1.32. The van der Waals surface area contributed by atoms with Crippen LogP contribution in [0.15, 0.2) is 36.4 Å². The fourth-order valence-corrected chi connectivity index (χ4v) is 2.52. The van der Waals surface area contributed by atoms with Crippen LogP contribution in [0.2, 0.25) is 5.02 Å². The summed E-state index contributed by atoms with van der Waals surface area (Å²) in [5.41, 5.74) is 1.02. The normalized spacial score (nSPS) is 13.4. The van der Waals surface area contributed by atoms with Gasteiger partial charge in [-0.3, -0.25) is 10.1 Å². The number of halogens is 1. The summed E-state index contributed by atoms with van der Waals surface area (Å²) < 4.78 is 10.1. The molecule has 0 spiro atoms. The highest BCUT2D eigenvalue weighted by atomic mass is 35.5. The first-order valence-corrected chi connectivity index (χ1v) is 9.10. The zero-order chi connectivity index (χ0) is 20.6. The van der Waals surface area contributed by atoms with Crippen molar-refractivity contribution >= 4 is 23.7 Å². The standard InChI is InChI=1S/C20H29ClN2O4/c1-13(2)17(18(24)26-6)22-12-16(23-19(25)27-20(3,4)5)11-14-7-9-15(21)10-8-14/h7-10,16-17,22H,1,11-12H2,2-6H3,(H,23,25)/t16-,17-/m0/s1. The summed E-state index contributed by atoms with van der Waals surface area (Å²) in [6.45, 7) is 11.3. The Morgan fingerprint density at radius 2 is 1.81 bits per heavy atom. The minimum atomic E-state index is -0.650. The maximum atomic E-state index is 12.2. The summed E-state index contributed by atoms with van der Waals surface area (Å²) in [4.78, 5) is 24.1. The Labute approximate surface area is 166 Å². The first-order valence-electron chi connectivity index (χ1n) is 8.72. The van der Waals surface area contributed by atoms with Gasteiger partial charge in [0.25, 0.3) is 0 Å². The van der Waals surface area contributed by atoms with Crippen molar-refractivity contribution in [1.82, 2.24) is 10.6 Å². The highest BCUT2D eigenvalue weighted by molar-refractivity contribution is 6.30. The van der Waals surface area contributed by atoms with E-state index in [0.29, 0.717) is 23.6 Å². The fourth-order valence-electron chi connectivity index (χ4n) is 2.39. The number of nitrogens with one attached hydrogen (secondary N) is 2.